The van der Waals surface area contributed by atoms with Gasteiger partial charge in [0, 0.05) is 25.0 Å². The van der Waals surface area contributed by atoms with E-state index >= 15 is 0 Å². The largest absolute Gasteiger partial charge is 0.368 e. The highest BCUT2D eigenvalue weighted by molar-refractivity contribution is 8.13. The number of nitrogens with zero attached hydrogens (tertiary/aromatic N) is 2. The molecule has 112 valence electrons. The minimum absolute atomic E-state index is 0. The third kappa shape index (κ3) is 8.68. The number of amidine groups is 1. The lowest BCUT2D eigenvalue weighted by Gasteiger charge is -2.02. The summed E-state index contributed by atoms with van der Waals surface area (Å²) in [5.74, 6) is 2.14. The van der Waals surface area contributed by atoms with Gasteiger partial charge in [-0.15, -0.1) is 24.8 Å². The van der Waals surface area contributed by atoms with Gasteiger partial charge >= 0.3 is 0 Å². The Morgan fingerprint density at radius 1 is 1.47 bits per heavy atom. The topological polar surface area (TPSA) is 53.1 Å². The van der Waals surface area contributed by atoms with Crippen LogP contribution < -0.4 is 5.32 Å². The maximum Gasteiger partial charge on any atom is 0.156 e. The summed E-state index contributed by atoms with van der Waals surface area (Å²) in [4.78, 5) is 11.8. The Kier molecular flexibility index (Phi) is 14.5. The monoisotopic (exact) mass is 344 g/mol. The van der Waals surface area contributed by atoms with Crippen LogP contribution in [0.1, 0.15) is 17.8 Å². The van der Waals surface area contributed by atoms with Crippen LogP contribution in [0.3, 0.4) is 0 Å². The molecule has 1 aromatic rings. The predicted octanol–water partition coefficient (Wildman–Crippen LogP) is 3.12. The van der Waals surface area contributed by atoms with Gasteiger partial charge in [0.1, 0.15) is 0 Å². The van der Waals surface area contributed by atoms with Gasteiger partial charge < -0.3 is 10.3 Å². The summed E-state index contributed by atoms with van der Waals surface area (Å²) in [7, 11) is 1.91. The van der Waals surface area contributed by atoms with E-state index in [2.05, 4.69) is 20.3 Å². The van der Waals surface area contributed by atoms with E-state index in [0.29, 0.717) is 0 Å². The van der Waals surface area contributed by atoms with Crippen molar-refractivity contribution in [1.29, 1.82) is 0 Å². The van der Waals surface area contributed by atoms with Crippen molar-refractivity contribution in [3.05, 3.63) is 17.7 Å². The molecule has 2 N–H and O–H groups in total. The molecule has 8 heteroatoms. The fourth-order valence-corrected chi connectivity index (χ4v) is 2.70. The Morgan fingerprint density at radius 2 is 2.21 bits per heavy atom. The molecule has 0 aromatic carbocycles. The van der Waals surface area contributed by atoms with E-state index in [0.717, 1.165) is 35.3 Å². The van der Waals surface area contributed by atoms with Crippen molar-refractivity contribution in [1.82, 2.24) is 15.3 Å². The molecule has 0 bridgehead atoms. The first-order chi connectivity index (χ1) is 8.27. The number of aromatic amines is 1. The number of aliphatic imine (C=N–C) groups is 1. The predicted molar refractivity (Wildman–Crippen MR) is 93.5 cm³/mol. The highest BCUT2D eigenvalue weighted by atomic mass is 35.5. The van der Waals surface area contributed by atoms with Crippen molar-refractivity contribution in [2.24, 2.45) is 4.99 Å². The standard InChI is InChI=1S/C11H20N4S2.2ClH/c1-9-10(15-8-14-9)7-17-6-4-5-13-11(12-2)16-3;;/h8H,4-7H2,1-3H3,(H,12,13)(H,14,15);2*1H. The Bertz CT molecular complexity index is 352. The van der Waals surface area contributed by atoms with E-state index in [4.69, 9.17) is 0 Å². The maximum absolute atomic E-state index is 4.45. The van der Waals surface area contributed by atoms with Gasteiger partial charge in [0.15, 0.2) is 5.17 Å². The van der Waals surface area contributed by atoms with Gasteiger partial charge in [-0.25, -0.2) is 4.98 Å². The first kappa shape index (κ1) is 21.3. The minimum atomic E-state index is 0. The molecule has 0 aliphatic heterocycles. The van der Waals surface area contributed by atoms with Crippen LogP contribution in [0, 0.1) is 6.92 Å². The van der Waals surface area contributed by atoms with E-state index in [-0.39, 0.29) is 24.8 Å². The molecule has 0 saturated carbocycles. The van der Waals surface area contributed by atoms with Gasteiger partial charge in [0.05, 0.1) is 12.0 Å². The SMILES string of the molecule is CN/C(=N/CCCSCc1[nH]cnc1C)SC.Cl.Cl. The van der Waals surface area contributed by atoms with Crippen LogP contribution in [-0.2, 0) is 5.75 Å². The summed E-state index contributed by atoms with van der Waals surface area (Å²) in [5, 5.41) is 4.08. The van der Waals surface area contributed by atoms with Crippen LogP contribution in [0.25, 0.3) is 0 Å². The molecule has 0 amide bonds. The van der Waals surface area contributed by atoms with E-state index in [1.807, 2.05) is 32.0 Å². The summed E-state index contributed by atoms with van der Waals surface area (Å²) >= 11 is 3.58. The lowest BCUT2D eigenvalue weighted by Crippen LogP contribution is -2.14. The lowest BCUT2D eigenvalue weighted by molar-refractivity contribution is 0.935. The van der Waals surface area contributed by atoms with E-state index in [9.17, 15) is 0 Å². The molecule has 19 heavy (non-hydrogen) atoms. The smallest absolute Gasteiger partial charge is 0.156 e. The van der Waals surface area contributed by atoms with Crippen LogP contribution in [0.2, 0.25) is 0 Å². The molecule has 0 atom stereocenters. The van der Waals surface area contributed by atoms with Gasteiger partial charge in [-0.05, 0) is 25.4 Å². The molecule has 0 aliphatic carbocycles. The molecule has 0 aliphatic rings. The number of rotatable bonds is 6. The average molecular weight is 345 g/mol. The van der Waals surface area contributed by atoms with Crippen molar-refractivity contribution >= 4 is 53.5 Å². The van der Waals surface area contributed by atoms with Gasteiger partial charge in [0.25, 0.3) is 0 Å². The Labute approximate surface area is 136 Å². The van der Waals surface area contributed by atoms with Gasteiger partial charge in [0.2, 0.25) is 0 Å². The Hall–Kier alpha value is -0.0400. The number of H-pyrrole nitrogens is 1. The van der Waals surface area contributed by atoms with Gasteiger partial charge in [-0.1, -0.05) is 11.8 Å². The quantitative estimate of drug-likeness (QED) is 0.473. The zero-order valence-electron chi connectivity index (χ0n) is 11.4. The molecular formula is C11H22Cl2N4S2. The second-order valence-electron chi connectivity index (χ2n) is 3.51. The Balaban J connectivity index is 0. The van der Waals surface area contributed by atoms with E-state index in [1.54, 1.807) is 18.1 Å². The summed E-state index contributed by atoms with van der Waals surface area (Å²) in [6.07, 6.45) is 4.90. The second-order valence-corrected chi connectivity index (χ2v) is 5.41. The molecule has 0 spiro atoms. The molecule has 0 radical (unpaired) electrons. The molecule has 0 unspecified atom stereocenters. The molecule has 1 heterocycles. The molecular weight excluding hydrogens is 323 g/mol. The van der Waals surface area contributed by atoms with Crippen LogP contribution in [0.5, 0.6) is 0 Å². The second kappa shape index (κ2) is 13.0. The summed E-state index contributed by atoms with van der Waals surface area (Å²) < 4.78 is 0. The van der Waals surface area contributed by atoms with Crippen LogP contribution in [-0.4, -0.2) is 40.7 Å². The van der Waals surface area contributed by atoms with Crippen LogP contribution in [0.15, 0.2) is 11.3 Å². The lowest BCUT2D eigenvalue weighted by atomic mass is 10.4. The molecule has 1 aromatic heterocycles. The van der Waals surface area contributed by atoms with Gasteiger partial charge in [-0.3, -0.25) is 4.99 Å². The maximum atomic E-state index is 4.45. The number of aromatic nitrogens is 2. The number of hydrogen-bond donors (Lipinski definition) is 2. The highest BCUT2D eigenvalue weighted by Crippen LogP contribution is 2.13. The van der Waals surface area contributed by atoms with E-state index in [1.165, 1.54) is 5.69 Å². The van der Waals surface area contributed by atoms with Crippen molar-refractivity contribution in [3.63, 3.8) is 0 Å². The number of aryl methyl sites for hydroxylation is 1. The van der Waals surface area contributed by atoms with E-state index < -0.39 is 0 Å². The van der Waals surface area contributed by atoms with Gasteiger partial charge in [-0.2, -0.15) is 11.8 Å². The molecule has 1 rings (SSSR count). The normalized spacial score (nSPS) is 10.6. The Morgan fingerprint density at radius 3 is 2.74 bits per heavy atom. The zero-order chi connectivity index (χ0) is 12.5. The van der Waals surface area contributed by atoms with Crippen molar-refractivity contribution in [3.8, 4) is 0 Å². The third-order valence-corrected chi connectivity index (χ3v) is 4.08. The number of halogens is 2. The summed E-state index contributed by atoms with van der Waals surface area (Å²) in [5.41, 5.74) is 2.34. The van der Waals surface area contributed by atoms with Crippen molar-refractivity contribution in [2.75, 3.05) is 25.6 Å². The van der Waals surface area contributed by atoms with Crippen molar-refractivity contribution in [2.45, 2.75) is 19.1 Å². The zero-order valence-corrected chi connectivity index (χ0v) is 14.7. The summed E-state index contributed by atoms with van der Waals surface area (Å²) in [6, 6.07) is 0. The molecule has 4 nitrogen and oxygen atoms in total. The first-order valence-electron chi connectivity index (χ1n) is 5.60. The van der Waals surface area contributed by atoms with Crippen LogP contribution >= 0.6 is 48.3 Å². The fourth-order valence-electron chi connectivity index (χ4n) is 1.30. The average Bonchev–Trinajstić information content (AvgIpc) is 2.74. The number of nitrogens with one attached hydrogen (secondary N) is 2. The fraction of sp³-hybridized carbons (Fsp3) is 0.636. The number of thioether (sulfide) groups is 2. The highest BCUT2D eigenvalue weighted by Gasteiger charge is 1.99. The van der Waals surface area contributed by atoms with Crippen LogP contribution in [0.4, 0.5) is 0 Å². The first-order valence-corrected chi connectivity index (χ1v) is 7.98. The molecule has 0 saturated heterocycles. The minimum Gasteiger partial charge on any atom is -0.368 e. The third-order valence-electron chi connectivity index (χ3n) is 2.29. The molecule has 0 fully saturated rings. The summed E-state index contributed by atoms with van der Waals surface area (Å²) in [6.45, 7) is 2.93. The van der Waals surface area contributed by atoms with Crippen molar-refractivity contribution < 1.29 is 0 Å². The number of imidazole rings is 1. The number of hydrogen-bond acceptors (Lipinski definition) is 4.